The van der Waals surface area contributed by atoms with E-state index in [0.717, 1.165) is 22.7 Å². The van der Waals surface area contributed by atoms with Gasteiger partial charge in [0.2, 0.25) is 0 Å². The lowest BCUT2D eigenvalue weighted by Gasteiger charge is -2.09. The SMILES string of the molecule is FC(F)(F)c1ccc(Cl)c(NN=Cc2cn(-c3cccs3)nc2-c2ccccc2)c1. The summed E-state index contributed by atoms with van der Waals surface area (Å²) in [6.07, 6.45) is -1.14. The van der Waals surface area contributed by atoms with Crippen molar-refractivity contribution in [2.75, 3.05) is 5.43 Å². The molecule has 0 fully saturated rings. The number of thiophene rings is 1. The van der Waals surface area contributed by atoms with Gasteiger partial charge in [-0.3, -0.25) is 5.43 Å². The van der Waals surface area contributed by atoms with Crippen LogP contribution in [0.1, 0.15) is 11.1 Å². The highest BCUT2D eigenvalue weighted by Crippen LogP contribution is 2.34. The van der Waals surface area contributed by atoms with Gasteiger partial charge in [0.25, 0.3) is 0 Å². The first kappa shape index (κ1) is 20.2. The van der Waals surface area contributed by atoms with Gasteiger partial charge < -0.3 is 0 Å². The number of hydrazone groups is 1. The number of alkyl halides is 3. The third-order valence-electron chi connectivity index (χ3n) is 4.20. The molecule has 4 aromatic rings. The molecule has 0 unspecified atom stereocenters. The zero-order chi connectivity index (χ0) is 21.1. The fourth-order valence-electron chi connectivity index (χ4n) is 2.77. The van der Waals surface area contributed by atoms with Crippen LogP contribution in [0.2, 0.25) is 5.02 Å². The number of hydrogen-bond acceptors (Lipinski definition) is 4. The van der Waals surface area contributed by atoms with Gasteiger partial charge in [0, 0.05) is 17.3 Å². The summed E-state index contributed by atoms with van der Waals surface area (Å²) in [5, 5.41) is 11.8. The highest BCUT2D eigenvalue weighted by atomic mass is 35.5. The van der Waals surface area contributed by atoms with E-state index in [1.165, 1.54) is 23.6 Å². The van der Waals surface area contributed by atoms with Gasteiger partial charge in [0.15, 0.2) is 0 Å². The molecule has 0 spiro atoms. The van der Waals surface area contributed by atoms with Crippen molar-refractivity contribution in [1.82, 2.24) is 9.78 Å². The van der Waals surface area contributed by atoms with E-state index in [1.54, 1.807) is 4.68 Å². The van der Waals surface area contributed by atoms with Crippen molar-refractivity contribution >= 4 is 34.8 Å². The molecule has 152 valence electrons. The Balaban J connectivity index is 1.65. The molecule has 0 aliphatic heterocycles. The van der Waals surface area contributed by atoms with E-state index < -0.39 is 11.7 Å². The van der Waals surface area contributed by atoms with Crippen LogP contribution in [0.5, 0.6) is 0 Å². The summed E-state index contributed by atoms with van der Waals surface area (Å²) in [5.74, 6) is 0. The number of aromatic nitrogens is 2. The van der Waals surface area contributed by atoms with E-state index in [9.17, 15) is 13.2 Å². The van der Waals surface area contributed by atoms with Crippen molar-refractivity contribution < 1.29 is 13.2 Å². The van der Waals surface area contributed by atoms with Crippen LogP contribution in [0.15, 0.2) is 77.3 Å². The van der Waals surface area contributed by atoms with E-state index in [0.29, 0.717) is 11.3 Å². The number of nitrogens with zero attached hydrogens (tertiary/aromatic N) is 3. The number of anilines is 1. The fraction of sp³-hybridized carbons (Fsp3) is 0.0476. The van der Waals surface area contributed by atoms with Gasteiger partial charge in [0.05, 0.1) is 22.5 Å². The smallest absolute Gasteiger partial charge is 0.277 e. The Hall–Kier alpha value is -3.10. The average molecular weight is 447 g/mol. The average Bonchev–Trinajstić information content (AvgIpc) is 3.39. The number of nitrogens with one attached hydrogen (secondary N) is 1. The number of hydrogen-bond donors (Lipinski definition) is 1. The minimum absolute atomic E-state index is 0.0645. The summed E-state index contributed by atoms with van der Waals surface area (Å²) < 4.78 is 40.6. The van der Waals surface area contributed by atoms with E-state index in [2.05, 4.69) is 15.6 Å². The van der Waals surface area contributed by atoms with Gasteiger partial charge in [0.1, 0.15) is 10.7 Å². The van der Waals surface area contributed by atoms with Crippen LogP contribution in [0.4, 0.5) is 18.9 Å². The van der Waals surface area contributed by atoms with Gasteiger partial charge in [-0.25, -0.2) is 4.68 Å². The molecule has 2 aromatic heterocycles. The summed E-state index contributed by atoms with van der Waals surface area (Å²) in [4.78, 5) is 0. The molecule has 0 aliphatic carbocycles. The zero-order valence-electron chi connectivity index (χ0n) is 15.3. The molecule has 0 amide bonds. The lowest BCUT2D eigenvalue weighted by molar-refractivity contribution is -0.137. The second-order valence-corrected chi connectivity index (χ2v) is 7.59. The largest absolute Gasteiger partial charge is 0.416 e. The standard InChI is InChI=1S/C21H14ClF3N4S/c22-17-9-8-16(21(23,24)25)11-18(17)27-26-12-15-13-29(19-7-4-10-30-19)28-20(15)14-5-2-1-3-6-14/h1-13,27H. The Morgan fingerprint density at radius 2 is 1.87 bits per heavy atom. The molecule has 1 N–H and O–H groups in total. The zero-order valence-corrected chi connectivity index (χ0v) is 16.8. The minimum Gasteiger partial charge on any atom is -0.277 e. The van der Waals surface area contributed by atoms with Crippen LogP contribution in [-0.4, -0.2) is 16.0 Å². The van der Waals surface area contributed by atoms with Crippen LogP contribution in [0.25, 0.3) is 16.3 Å². The van der Waals surface area contributed by atoms with E-state index in [-0.39, 0.29) is 10.7 Å². The first-order chi connectivity index (χ1) is 14.4. The van der Waals surface area contributed by atoms with Crippen molar-refractivity contribution in [1.29, 1.82) is 0 Å². The monoisotopic (exact) mass is 446 g/mol. The third kappa shape index (κ3) is 4.39. The molecule has 9 heteroatoms. The minimum atomic E-state index is -4.47. The summed E-state index contributed by atoms with van der Waals surface area (Å²) in [5.41, 5.74) is 4.15. The van der Waals surface area contributed by atoms with Gasteiger partial charge >= 0.3 is 6.18 Å². The molecule has 2 heterocycles. The van der Waals surface area contributed by atoms with Crippen molar-refractivity contribution in [2.24, 2.45) is 5.10 Å². The molecule has 30 heavy (non-hydrogen) atoms. The van der Waals surface area contributed by atoms with Gasteiger partial charge in [-0.2, -0.15) is 23.4 Å². The molecular formula is C21H14ClF3N4S. The predicted octanol–water partition coefficient (Wildman–Crippen LogP) is 6.72. The van der Waals surface area contributed by atoms with Crippen LogP contribution in [0, 0.1) is 0 Å². The molecule has 0 bridgehead atoms. The number of rotatable bonds is 5. The Morgan fingerprint density at radius 3 is 2.57 bits per heavy atom. The maximum absolute atomic E-state index is 12.9. The van der Waals surface area contributed by atoms with Crippen LogP contribution >= 0.6 is 22.9 Å². The quantitative estimate of drug-likeness (QED) is 0.273. The number of benzene rings is 2. The first-order valence-electron chi connectivity index (χ1n) is 8.76. The van der Waals surface area contributed by atoms with Gasteiger partial charge in [-0.15, -0.1) is 11.3 Å². The van der Waals surface area contributed by atoms with Gasteiger partial charge in [-0.05, 0) is 35.7 Å². The molecule has 0 saturated heterocycles. The topological polar surface area (TPSA) is 42.2 Å². The van der Waals surface area contributed by atoms with E-state index in [4.69, 9.17) is 11.6 Å². The number of halogens is 4. The lowest BCUT2D eigenvalue weighted by Crippen LogP contribution is -2.05. The third-order valence-corrected chi connectivity index (χ3v) is 5.39. The van der Waals surface area contributed by atoms with Gasteiger partial charge in [-0.1, -0.05) is 41.9 Å². The van der Waals surface area contributed by atoms with E-state index >= 15 is 0 Å². The highest BCUT2D eigenvalue weighted by molar-refractivity contribution is 7.12. The summed E-state index contributed by atoms with van der Waals surface area (Å²) in [6.45, 7) is 0. The van der Waals surface area contributed by atoms with Crippen LogP contribution in [0.3, 0.4) is 0 Å². The molecule has 2 aromatic carbocycles. The molecular weight excluding hydrogens is 433 g/mol. The Bertz CT molecular complexity index is 1170. The summed E-state index contributed by atoms with van der Waals surface area (Å²) in [6, 6.07) is 16.5. The summed E-state index contributed by atoms with van der Waals surface area (Å²) in [7, 11) is 0. The van der Waals surface area contributed by atoms with Crippen molar-refractivity contribution in [2.45, 2.75) is 6.18 Å². The van der Waals surface area contributed by atoms with Crippen molar-refractivity contribution in [3.63, 3.8) is 0 Å². The summed E-state index contributed by atoms with van der Waals surface area (Å²) >= 11 is 7.54. The maximum atomic E-state index is 12.9. The fourth-order valence-corrected chi connectivity index (χ4v) is 3.59. The molecule has 0 atom stereocenters. The first-order valence-corrected chi connectivity index (χ1v) is 10.0. The molecule has 4 rings (SSSR count). The predicted molar refractivity (Wildman–Crippen MR) is 115 cm³/mol. The van der Waals surface area contributed by atoms with Crippen LogP contribution in [-0.2, 0) is 6.18 Å². The second kappa shape index (κ2) is 8.33. The normalized spacial score (nSPS) is 11.9. The van der Waals surface area contributed by atoms with E-state index in [1.807, 2.05) is 54.0 Å². The molecule has 4 nitrogen and oxygen atoms in total. The highest BCUT2D eigenvalue weighted by Gasteiger charge is 2.30. The lowest BCUT2D eigenvalue weighted by atomic mass is 10.1. The Kier molecular flexibility index (Phi) is 5.61. The Morgan fingerprint density at radius 1 is 1.07 bits per heavy atom. The maximum Gasteiger partial charge on any atom is 0.416 e. The molecule has 0 aliphatic rings. The van der Waals surface area contributed by atoms with Crippen molar-refractivity contribution in [3.05, 3.63) is 88.4 Å². The molecule has 0 saturated carbocycles. The van der Waals surface area contributed by atoms with Crippen LogP contribution < -0.4 is 5.43 Å². The Labute approximate surface area is 179 Å². The second-order valence-electron chi connectivity index (χ2n) is 6.26. The molecule has 0 radical (unpaired) electrons. The van der Waals surface area contributed by atoms with Crippen molar-refractivity contribution in [3.8, 4) is 16.3 Å².